The van der Waals surface area contributed by atoms with Crippen LogP contribution in [0.4, 0.5) is 0 Å². The van der Waals surface area contributed by atoms with Crippen LogP contribution < -0.4 is 14.2 Å². The Kier molecular flexibility index (Phi) is 10.4. The number of rotatable bonds is 11. The van der Waals surface area contributed by atoms with Gasteiger partial charge < -0.3 is 24.2 Å². The Morgan fingerprint density at radius 1 is 0.955 bits per heavy atom. The van der Waals surface area contributed by atoms with E-state index in [0.29, 0.717) is 36.3 Å². The highest BCUT2D eigenvalue weighted by Gasteiger charge is 2.20. The van der Waals surface area contributed by atoms with Crippen molar-refractivity contribution in [1.29, 1.82) is 0 Å². The number of nitrogens with zero attached hydrogens (tertiary/aromatic N) is 3. The van der Waals surface area contributed by atoms with E-state index in [1.165, 1.54) is 23.4 Å². The Balaban J connectivity index is 1.05. The van der Waals surface area contributed by atoms with E-state index in [1.54, 1.807) is 31.4 Å². The predicted molar refractivity (Wildman–Crippen MR) is 172 cm³/mol. The van der Waals surface area contributed by atoms with Gasteiger partial charge in [0.1, 0.15) is 17.2 Å². The van der Waals surface area contributed by atoms with E-state index in [9.17, 15) is 9.90 Å². The van der Waals surface area contributed by atoms with Gasteiger partial charge in [-0.15, -0.1) is 0 Å². The molecule has 8 nitrogen and oxygen atoms in total. The molecule has 1 aliphatic heterocycles. The van der Waals surface area contributed by atoms with Crippen molar-refractivity contribution in [1.82, 2.24) is 14.8 Å². The van der Waals surface area contributed by atoms with Crippen molar-refractivity contribution in [2.24, 2.45) is 0 Å². The third kappa shape index (κ3) is 8.52. The second kappa shape index (κ2) is 14.8. The van der Waals surface area contributed by atoms with Crippen molar-refractivity contribution < 1.29 is 24.1 Å². The average Bonchev–Trinajstić information content (AvgIpc) is 3.04. The summed E-state index contributed by atoms with van der Waals surface area (Å²) in [7, 11) is 1.65. The zero-order valence-corrected chi connectivity index (χ0v) is 25.7. The fourth-order valence-electron chi connectivity index (χ4n) is 4.95. The van der Waals surface area contributed by atoms with Crippen LogP contribution in [0.25, 0.3) is 6.08 Å². The fraction of sp³-hybridized carbons (Fsp3) is 0.257. The van der Waals surface area contributed by atoms with E-state index in [2.05, 4.69) is 34.1 Å². The molecule has 3 aromatic carbocycles. The molecule has 0 aliphatic carbocycles. The van der Waals surface area contributed by atoms with Crippen LogP contribution in [0.1, 0.15) is 22.3 Å². The number of hydrogen-bond donors (Lipinski definition) is 1. The van der Waals surface area contributed by atoms with Crippen LogP contribution in [0.15, 0.2) is 85.1 Å². The van der Waals surface area contributed by atoms with E-state index in [4.69, 9.17) is 25.8 Å². The molecule has 44 heavy (non-hydrogen) atoms. The van der Waals surface area contributed by atoms with E-state index in [0.717, 1.165) is 48.7 Å². The van der Waals surface area contributed by atoms with E-state index in [1.807, 2.05) is 42.2 Å². The maximum absolute atomic E-state index is 12.9. The van der Waals surface area contributed by atoms with Gasteiger partial charge in [-0.3, -0.25) is 9.69 Å². The summed E-state index contributed by atoms with van der Waals surface area (Å²) in [6, 6.07) is 23.0. The number of aromatic hydroxyl groups is 1. The molecule has 2 heterocycles. The molecule has 5 rings (SSSR count). The standard InChI is InChI=1S/C35H36ClN3O5/c1-25-21-28(22-32(36)35(25)44-33-13-8-29(40)23-37-33)7-14-34(41)39-18-16-38(17-19-39)24-27-5-3-26(4-6-27)15-20-43-31-11-9-30(42-2)10-12-31/h3-14,21-23,40H,15-20,24H2,1-2H3. The first kappa shape index (κ1) is 30.9. The van der Waals surface area contributed by atoms with Gasteiger partial charge >= 0.3 is 0 Å². The molecule has 1 amide bonds. The lowest BCUT2D eigenvalue weighted by Gasteiger charge is -2.34. The van der Waals surface area contributed by atoms with E-state index >= 15 is 0 Å². The summed E-state index contributed by atoms with van der Waals surface area (Å²) >= 11 is 6.48. The number of benzene rings is 3. The first-order chi connectivity index (χ1) is 21.4. The normalized spacial score (nSPS) is 13.7. The van der Waals surface area contributed by atoms with Crippen LogP contribution in [0.2, 0.25) is 5.02 Å². The van der Waals surface area contributed by atoms with Gasteiger partial charge in [-0.1, -0.05) is 35.9 Å². The highest BCUT2D eigenvalue weighted by molar-refractivity contribution is 6.32. The number of carbonyl (C=O) groups is 1. The molecule has 1 aliphatic rings. The first-order valence-corrected chi connectivity index (χ1v) is 14.9. The Morgan fingerprint density at radius 3 is 2.32 bits per heavy atom. The minimum absolute atomic E-state index is 0.0201. The maximum atomic E-state index is 12.9. The number of halogens is 1. The highest BCUT2D eigenvalue weighted by atomic mass is 35.5. The van der Waals surface area contributed by atoms with Crippen molar-refractivity contribution in [3.63, 3.8) is 0 Å². The van der Waals surface area contributed by atoms with Gasteiger partial charge in [0.15, 0.2) is 5.75 Å². The topological polar surface area (TPSA) is 84.4 Å². The summed E-state index contributed by atoms with van der Waals surface area (Å²) in [6.45, 7) is 6.34. The molecule has 0 radical (unpaired) electrons. The summed E-state index contributed by atoms with van der Waals surface area (Å²) in [6.07, 6.45) is 5.52. The number of piperazine rings is 1. The van der Waals surface area contributed by atoms with Crippen LogP contribution in [-0.2, 0) is 17.8 Å². The van der Waals surface area contributed by atoms with Crippen LogP contribution in [-0.4, -0.2) is 65.7 Å². The minimum atomic E-state index is -0.0201. The Hall–Kier alpha value is -4.53. The summed E-state index contributed by atoms with van der Waals surface area (Å²) in [5, 5.41) is 9.83. The number of aromatic nitrogens is 1. The smallest absolute Gasteiger partial charge is 0.246 e. The summed E-state index contributed by atoms with van der Waals surface area (Å²) in [5.41, 5.74) is 4.10. The van der Waals surface area contributed by atoms with Crippen LogP contribution >= 0.6 is 11.6 Å². The lowest BCUT2D eigenvalue weighted by Crippen LogP contribution is -2.47. The number of ether oxygens (including phenoxy) is 3. The molecule has 0 spiro atoms. The monoisotopic (exact) mass is 613 g/mol. The number of methoxy groups -OCH3 is 1. The van der Waals surface area contributed by atoms with Crippen molar-refractivity contribution in [3.05, 3.63) is 112 Å². The lowest BCUT2D eigenvalue weighted by molar-refractivity contribution is -0.127. The van der Waals surface area contributed by atoms with Crippen molar-refractivity contribution in [2.75, 3.05) is 39.9 Å². The summed E-state index contributed by atoms with van der Waals surface area (Å²) in [5.74, 6) is 2.50. The molecule has 0 atom stereocenters. The maximum Gasteiger partial charge on any atom is 0.246 e. The van der Waals surface area contributed by atoms with Crippen LogP contribution in [0.3, 0.4) is 0 Å². The highest BCUT2D eigenvalue weighted by Crippen LogP contribution is 2.34. The third-order valence-electron chi connectivity index (χ3n) is 7.43. The number of pyridine rings is 1. The van der Waals surface area contributed by atoms with E-state index < -0.39 is 0 Å². The lowest BCUT2D eigenvalue weighted by atomic mass is 10.1. The third-order valence-corrected chi connectivity index (χ3v) is 7.71. The van der Waals surface area contributed by atoms with Crippen molar-refractivity contribution in [3.8, 4) is 28.9 Å². The molecule has 228 valence electrons. The quantitative estimate of drug-likeness (QED) is 0.193. The van der Waals surface area contributed by atoms with Gasteiger partial charge in [0.25, 0.3) is 0 Å². The largest absolute Gasteiger partial charge is 0.506 e. The summed E-state index contributed by atoms with van der Waals surface area (Å²) in [4.78, 5) is 21.2. The fourth-order valence-corrected chi connectivity index (χ4v) is 5.26. The Bertz CT molecular complexity index is 1540. The molecule has 0 unspecified atom stereocenters. The zero-order chi connectivity index (χ0) is 30.9. The van der Waals surface area contributed by atoms with Crippen LogP contribution in [0, 0.1) is 6.92 Å². The van der Waals surface area contributed by atoms with Crippen molar-refractivity contribution >= 4 is 23.6 Å². The molecule has 1 saturated heterocycles. The number of amides is 1. The SMILES string of the molecule is COc1ccc(OCCc2ccc(CN3CCN(C(=O)C=Cc4cc(C)c(Oc5ccc(O)cn5)c(Cl)c4)CC3)cc2)cc1. The summed E-state index contributed by atoms with van der Waals surface area (Å²) < 4.78 is 16.8. The zero-order valence-electron chi connectivity index (χ0n) is 24.9. The molecule has 0 bridgehead atoms. The predicted octanol–water partition coefficient (Wildman–Crippen LogP) is 6.53. The molecule has 1 aromatic heterocycles. The van der Waals surface area contributed by atoms with Gasteiger partial charge in [0.2, 0.25) is 11.8 Å². The molecular formula is C35H36ClN3O5. The number of hydrogen-bond acceptors (Lipinski definition) is 7. The Morgan fingerprint density at radius 2 is 1.66 bits per heavy atom. The van der Waals surface area contributed by atoms with Gasteiger partial charge in [-0.05, 0) is 77.7 Å². The molecular weight excluding hydrogens is 578 g/mol. The molecule has 9 heteroatoms. The molecule has 1 N–H and O–H groups in total. The van der Waals surface area contributed by atoms with Crippen molar-refractivity contribution in [2.45, 2.75) is 19.9 Å². The van der Waals surface area contributed by atoms with E-state index in [-0.39, 0.29) is 11.7 Å². The second-order valence-electron chi connectivity index (χ2n) is 10.6. The van der Waals surface area contributed by atoms with Gasteiger partial charge in [-0.25, -0.2) is 4.98 Å². The van der Waals surface area contributed by atoms with Gasteiger partial charge in [-0.2, -0.15) is 0 Å². The average molecular weight is 614 g/mol. The van der Waals surface area contributed by atoms with Crippen LogP contribution in [0.5, 0.6) is 28.9 Å². The van der Waals surface area contributed by atoms with Gasteiger partial charge in [0, 0.05) is 51.3 Å². The second-order valence-corrected chi connectivity index (χ2v) is 11.0. The number of aryl methyl sites for hydroxylation is 1. The molecule has 0 saturated carbocycles. The number of carbonyl (C=O) groups excluding carboxylic acids is 1. The first-order valence-electron chi connectivity index (χ1n) is 14.5. The Labute approximate surface area is 263 Å². The molecule has 4 aromatic rings. The van der Waals surface area contributed by atoms with Gasteiger partial charge in [0.05, 0.1) is 24.9 Å². The molecule has 1 fully saturated rings. The minimum Gasteiger partial charge on any atom is -0.506 e.